The van der Waals surface area contributed by atoms with Crippen LogP contribution in [0.1, 0.15) is 5.56 Å². The molecule has 0 radical (unpaired) electrons. The van der Waals surface area contributed by atoms with Crippen LogP contribution >= 0.6 is 11.3 Å². The lowest BCUT2D eigenvalue weighted by Crippen LogP contribution is -2.14. The van der Waals surface area contributed by atoms with Gasteiger partial charge in [0, 0.05) is 6.07 Å². The maximum absolute atomic E-state index is 13.7. The van der Waals surface area contributed by atoms with E-state index in [-0.39, 0.29) is 18.1 Å². The van der Waals surface area contributed by atoms with Crippen LogP contribution in [0.15, 0.2) is 72.8 Å². The fraction of sp³-hybridized carbons (Fsp3) is 0.0476. The second kappa shape index (κ2) is 7.55. The Hall–Kier alpha value is -3.25. The molecule has 0 saturated carbocycles. The van der Waals surface area contributed by atoms with Gasteiger partial charge in [-0.15, -0.1) is 0 Å². The first-order valence-corrected chi connectivity index (χ1v) is 9.16. The topological polar surface area (TPSA) is 51.2 Å². The second-order valence-corrected chi connectivity index (χ2v) is 6.91. The monoisotopic (exact) mass is 378 g/mol. The van der Waals surface area contributed by atoms with Crippen LogP contribution < -0.4 is 10.1 Å². The van der Waals surface area contributed by atoms with Crippen molar-refractivity contribution < 1.29 is 13.9 Å². The molecule has 27 heavy (non-hydrogen) atoms. The molecule has 0 spiro atoms. The van der Waals surface area contributed by atoms with E-state index in [4.69, 9.17) is 4.74 Å². The number of thiazole rings is 1. The first-order chi connectivity index (χ1) is 13.2. The van der Waals surface area contributed by atoms with Crippen LogP contribution in [-0.2, 0) is 11.2 Å². The van der Waals surface area contributed by atoms with Gasteiger partial charge in [0.2, 0.25) is 5.91 Å². The van der Waals surface area contributed by atoms with Crippen LogP contribution in [-0.4, -0.2) is 10.9 Å². The molecule has 0 aliphatic rings. The summed E-state index contributed by atoms with van der Waals surface area (Å²) in [5.41, 5.74) is 1.12. The van der Waals surface area contributed by atoms with Crippen LogP contribution in [0.25, 0.3) is 10.2 Å². The maximum Gasteiger partial charge on any atom is 0.230 e. The van der Waals surface area contributed by atoms with Gasteiger partial charge in [-0.3, -0.25) is 4.79 Å². The molecule has 0 atom stereocenters. The first-order valence-electron chi connectivity index (χ1n) is 8.34. The number of amides is 1. The van der Waals surface area contributed by atoms with E-state index in [1.165, 1.54) is 17.4 Å². The Bertz CT molecular complexity index is 1100. The summed E-state index contributed by atoms with van der Waals surface area (Å²) >= 11 is 1.35. The van der Waals surface area contributed by atoms with Crippen molar-refractivity contribution >= 4 is 32.6 Å². The minimum absolute atomic E-state index is 0.0367. The van der Waals surface area contributed by atoms with Crippen LogP contribution in [0.2, 0.25) is 0 Å². The summed E-state index contributed by atoms with van der Waals surface area (Å²) in [6, 6.07) is 21.3. The van der Waals surface area contributed by atoms with Gasteiger partial charge < -0.3 is 10.1 Å². The summed E-state index contributed by atoms with van der Waals surface area (Å²) in [7, 11) is 0. The number of aromatic nitrogens is 1. The standard InChI is InChI=1S/C21H15FN2O2S/c22-17-9-5-4-6-14(17)12-20(25)24-21-23-18-11-10-16(13-19(18)27-21)26-15-7-2-1-3-8-15/h1-11,13H,12H2,(H,23,24,25). The smallest absolute Gasteiger partial charge is 0.230 e. The van der Waals surface area contributed by atoms with Crippen molar-refractivity contribution in [1.82, 2.24) is 4.98 Å². The number of anilines is 1. The third-order valence-corrected chi connectivity index (χ3v) is 4.83. The quantitative estimate of drug-likeness (QED) is 0.505. The van der Waals surface area contributed by atoms with Gasteiger partial charge in [0.15, 0.2) is 5.13 Å². The molecular formula is C21H15FN2O2S. The molecule has 1 N–H and O–H groups in total. The van der Waals surface area contributed by atoms with E-state index < -0.39 is 0 Å². The number of hydrogen-bond donors (Lipinski definition) is 1. The van der Waals surface area contributed by atoms with E-state index in [9.17, 15) is 9.18 Å². The molecule has 1 heterocycles. The zero-order chi connectivity index (χ0) is 18.6. The average Bonchev–Trinajstić information content (AvgIpc) is 3.06. The lowest BCUT2D eigenvalue weighted by atomic mass is 10.1. The van der Waals surface area contributed by atoms with Crippen molar-refractivity contribution in [2.24, 2.45) is 0 Å². The Morgan fingerprint density at radius 3 is 2.59 bits per heavy atom. The molecule has 0 aliphatic heterocycles. The number of halogens is 1. The molecule has 134 valence electrons. The Morgan fingerprint density at radius 1 is 1.00 bits per heavy atom. The molecule has 0 aliphatic carbocycles. The van der Waals surface area contributed by atoms with Crippen LogP contribution in [0.4, 0.5) is 9.52 Å². The summed E-state index contributed by atoms with van der Waals surface area (Å²) in [6.07, 6.45) is -0.0367. The highest BCUT2D eigenvalue weighted by atomic mass is 32.1. The average molecular weight is 378 g/mol. The number of fused-ring (bicyclic) bond motifs is 1. The van der Waals surface area contributed by atoms with E-state index in [0.29, 0.717) is 16.4 Å². The van der Waals surface area contributed by atoms with Gasteiger partial charge in [-0.05, 0) is 35.9 Å². The van der Waals surface area contributed by atoms with Gasteiger partial charge in [0.25, 0.3) is 0 Å². The third kappa shape index (κ3) is 4.12. The molecule has 0 bridgehead atoms. The highest BCUT2D eigenvalue weighted by molar-refractivity contribution is 7.22. The normalized spacial score (nSPS) is 10.7. The van der Waals surface area contributed by atoms with Crippen LogP contribution in [0.3, 0.4) is 0 Å². The Labute approximate surface area is 159 Å². The number of carbonyl (C=O) groups is 1. The Kier molecular flexibility index (Phi) is 4.80. The number of nitrogens with one attached hydrogen (secondary N) is 1. The summed E-state index contributed by atoms with van der Waals surface area (Å²) in [5, 5.41) is 3.21. The van der Waals surface area contributed by atoms with E-state index >= 15 is 0 Å². The number of benzene rings is 3. The van der Waals surface area contributed by atoms with Crippen LogP contribution in [0.5, 0.6) is 11.5 Å². The molecule has 0 fully saturated rings. The minimum Gasteiger partial charge on any atom is -0.457 e. The summed E-state index contributed by atoms with van der Waals surface area (Å²) in [4.78, 5) is 16.6. The fourth-order valence-corrected chi connectivity index (χ4v) is 3.54. The summed E-state index contributed by atoms with van der Waals surface area (Å²) in [5.74, 6) is 0.751. The number of para-hydroxylation sites is 1. The van der Waals surface area contributed by atoms with E-state index in [1.54, 1.807) is 18.2 Å². The van der Waals surface area contributed by atoms with E-state index in [0.717, 1.165) is 16.0 Å². The van der Waals surface area contributed by atoms with Crippen molar-refractivity contribution in [1.29, 1.82) is 0 Å². The van der Waals surface area contributed by atoms with Crippen LogP contribution in [0, 0.1) is 5.82 Å². The van der Waals surface area contributed by atoms with Gasteiger partial charge in [-0.1, -0.05) is 47.7 Å². The zero-order valence-electron chi connectivity index (χ0n) is 14.2. The summed E-state index contributed by atoms with van der Waals surface area (Å²) < 4.78 is 20.4. The van der Waals surface area contributed by atoms with Gasteiger partial charge in [-0.25, -0.2) is 9.37 Å². The highest BCUT2D eigenvalue weighted by Crippen LogP contribution is 2.31. The number of ether oxygens (including phenoxy) is 1. The first kappa shape index (κ1) is 17.2. The highest BCUT2D eigenvalue weighted by Gasteiger charge is 2.11. The molecule has 3 aromatic carbocycles. The predicted octanol–water partition coefficient (Wildman–Crippen LogP) is 5.41. The lowest BCUT2D eigenvalue weighted by molar-refractivity contribution is -0.115. The zero-order valence-corrected chi connectivity index (χ0v) is 15.0. The molecule has 4 aromatic rings. The molecule has 6 heteroatoms. The molecule has 4 rings (SSSR count). The molecule has 1 aromatic heterocycles. The van der Waals surface area contributed by atoms with Gasteiger partial charge in [-0.2, -0.15) is 0 Å². The van der Waals surface area contributed by atoms with Crippen molar-refractivity contribution in [3.63, 3.8) is 0 Å². The van der Waals surface area contributed by atoms with Crippen molar-refractivity contribution in [2.75, 3.05) is 5.32 Å². The van der Waals surface area contributed by atoms with Crippen molar-refractivity contribution in [3.05, 3.63) is 84.2 Å². The predicted molar refractivity (Wildman–Crippen MR) is 105 cm³/mol. The Balaban J connectivity index is 1.48. The fourth-order valence-electron chi connectivity index (χ4n) is 2.62. The Morgan fingerprint density at radius 2 is 1.78 bits per heavy atom. The summed E-state index contributed by atoms with van der Waals surface area (Å²) in [6.45, 7) is 0. The molecule has 0 unspecified atom stereocenters. The number of rotatable bonds is 5. The number of nitrogens with zero attached hydrogens (tertiary/aromatic N) is 1. The molecule has 4 nitrogen and oxygen atoms in total. The largest absolute Gasteiger partial charge is 0.457 e. The van der Waals surface area contributed by atoms with E-state index in [1.807, 2.05) is 48.5 Å². The molecular weight excluding hydrogens is 363 g/mol. The lowest BCUT2D eigenvalue weighted by Gasteiger charge is -2.04. The molecule has 1 amide bonds. The molecule has 0 saturated heterocycles. The van der Waals surface area contributed by atoms with E-state index in [2.05, 4.69) is 10.3 Å². The number of hydrogen-bond acceptors (Lipinski definition) is 4. The minimum atomic E-state index is -0.389. The number of carbonyl (C=O) groups excluding carboxylic acids is 1. The van der Waals surface area contributed by atoms with Gasteiger partial charge >= 0.3 is 0 Å². The van der Waals surface area contributed by atoms with Gasteiger partial charge in [0.1, 0.15) is 17.3 Å². The third-order valence-electron chi connectivity index (χ3n) is 3.89. The van der Waals surface area contributed by atoms with Crippen molar-refractivity contribution in [2.45, 2.75) is 6.42 Å². The SMILES string of the molecule is O=C(Cc1ccccc1F)Nc1nc2ccc(Oc3ccccc3)cc2s1. The second-order valence-electron chi connectivity index (χ2n) is 5.88. The van der Waals surface area contributed by atoms with Gasteiger partial charge in [0.05, 0.1) is 16.6 Å². The maximum atomic E-state index is 13.7. The van der Waals surface area contributed by atoms with Crippen molar-refractivity contribution in [3.8, 4) is 11.5 Å².